The van der Waals surface area contributed by atoms with E-state index in [-0.39, 0.29) is 58.2 Å². The van der Waals surface area contributed by atoms with E-state index >= 15 is 0 Å². The summed E-state index contributed by atoms with van der Waals surface area (Å²) in [5, 5.41) is 83.3. The molecule has 13 amide bonds. The van der Waals surface area contributed by atoms with E-state index < -0.39 is 218 Å². The number of carboxylic acid groups (broad SMARTS) is 2. The SMILES string of the molecule is CCC(C)CCC(O)CC(=O)NC(C(=O)NC(CCN)C(=O)NCC(=O)NC(CO)C(=O)NC(Cc1c[nH]c2ccccc12)C(=O)NC(CO)C(=O)NC(CCN)C(=O)NC(CCN)C(=O)NC(Cc1ccccc1)C(=O)NC(CCC(=O)O)C(=O)NC(C(=O)NC(C(=O)NC(C)C(=O)O)C(C)CC)C(C)C)C(C)C. The summed E-state index contributed by atoms with van der Waals surface area (Å²) in [5.74, 6) is -16.6. The molecule has 0 bridgehead atoms. The molecule has 0 aliphatic rings. The summed E-state index contributed by atoms with van der Waals surface area (Å²) in [7, 11) is 0. The number of amides is 13. The molecule has 0 aliphatic heterocycles. The zero-order chi connectivity index (χ0) is 82.5. The molecule has 0 radical (unpaired) electrons. The van der Waals surface area contributed by atoms with Gasteiger partial charge in [-0.3, -0.25) is 71.9 Å². The molecule has 0 saturated carbocycles. The fraction of sp³-hybridized carbons (Fsp3) is 0.603. The lowest BCUT2D eigenvalue weighted by atomic mass is 9.96. The number of hydrogen-bond donors (Lipinski definition) is 22. The minimum atomic E-state index is -1.88. The van der Waals surface area contributed by atoms with Crippen LogP contribution in [-0.4, -0.2) is 237 Å². The van der Waals surface area contributed by atoms with E-state index in [0.717, 1.165) is 6.42 Å². The molecule has 3 rings (SSSR count). The van der Waals surface area contributed by atoms with Gasteiger partial charge in [-0.05, 0) is 106 Å². The molecule has 3 aromatic rings. The number of hydrogen-bond acceptors (Lipinski definition) is 21. The number of carbonyl (C=O) groups excluding carboxylic acids is 13. The third kappa shape index (κ3) is 31.8. The van der Waals surface area contributed by atoms with Crippen LogP contribution < -0.4 is 86.3 Å². The summed E-state index contributed by atoms with van der Waals surface area (Å²) in [6, 6.07) is -3.23. The molecule has 37 nitrogen and oxygen atoms in total. The number of para-hydroxylation sites is 1. The molecule has 25 N–H and O–H groups in total. The minimum absolute atomic E-state index is 0.109. The Morgan fingerprint density at radius 1 is 0.427 bits per heavy atom. The maximum absolute atomic E-state index is 14.5. The number of aliphatic carboxylic acids is 2. The van der Waals surface area contributed by atoms with Crippen molar-refractivity contribution in [1.29, 1.82) is 0 Å². The molecule has 612 valence electrons. The normalized spacial score (nSPS) is 15.4. The standard InChI is InChI=1S/C73H115N17O20/c1-10-40(7)21-22-45(93)33-56(94)88-59(38(3)4)70(106)84-49(25-28-74)62(98)78-35-57(95)80-54(36-91)68(104)86-53(32-44-34-77-47-20-16-15-19-46(44)47)67(103)87-55(37-92)69(105)83-50(26-29-75)63(99)82-51(27-30-76)64(100)85-52(31-43-17-13-12-14-18-43)66(102)81-48(23-24-58(96)97)65(101)89-60(39(5)6)71(107)90-61(41(8)11-2)72(108)79-42(9)73(109)110/h12-20,34,38-42,45,48-55,59-61,77,91-93H,10-11,21-33,35-37,74-76H2,1-9H3,(H,78,98)(H,79,108)(H,80,95)(H,81,102)(H,82,99)(H,83,105)(H,84,106)(H,85,100)(H,86,104)(H,87,103)(H,88,94)(H,89,101)(H,90,107)(H,96,97)(H,109,110). The highest BCUT2D eigenvalue weighted by Crippen LogP contribution is 2.21. The van der Waals surface area contributed by atoms with Crippen molar-refractivity contribution in [3.8, 4) is 0 Å². The Bertz CT molecular complexity index is 3560. The van der Waals surface area contributed by atoms with Crippen LogP contribution in [-0.2, 0) is 84.8 Å². The van der Waals surface area contributed by atoms with E-state index in [9.17, 15) is 97.5 Å². The fourth-order valence-electron chi connectivity index (χ4n) is 11.3. The predicted octanol–water partition coefficient (Wildman–Crippen LogP) is -4.18. The highest BCUT2D eigenvalue weighted by molar-refractivity contribution is 6.00. The molecule has 1 aromatic heterocycles. The highest BCUT2D eigenvalue weighted by Gasteiger charge is 2.38. The fourth-order valence-corrected chi connectivity index (χ4v) is 11.3. The molecule has 2 aromatic carbocycles. The molecule has 0 aliphatic carbocycles. The van der Waals surface area contributed by atoms with Crippen LogP contribution in [0.1, 0.15) is 138 Å². The Kier molecular flexibility index (Phi) is 41.3. The molecule has 0 spiro atoms. The first-order valence-electron chi connectivity index (χ1n) is 37.0. The van der Waals surface area contributed by atoms with Crippen LogP contribution in [0.3, 0.4) is 0 Å². The third-order valence-electron chi connectivity index (χ3n) is 18.4. The van der Waals surface area contributed by atoms with Gasteiger partial charge in [0.1, 0.15) is 72.5 Å². The molecule has 0 fully saturated rings. The average Bonchev–Trinajstić information content (AvgIpc) is 1.66. The lowest BCUT2D eigenvalue weighted by Crippen LogP contribution is -2.62. The molecule has 110 heavy (non-hydrogen) atoms. The average molecular weight is 1550 g/mol. The van der Waals surface area contributed by atoms with Crippen molar-refractivity contribution in [2.24, 2.45) is 40.9 Å². The summed E-state index contributed by atoms with van der Waals surface area (Å²) in [6.45, 7) is 11.4. The monoisotopic (exact) mass is 1550 g/mol. The number of benzene rings is 2. The Morgan fingerprint density at radius 3 is 1.36 bits per heavy atom. The van der Waals surface area contributed by atoms with E-state index in [1.807, 2.05) is 13.8 Å². The van der Waals surface area contributed by atoms with Crippen molar-refractivity contribution >= 4 is 99.6 Å². The predicted molar refractivity (Wildman–Crippen MR) is 402 cm³/mol. The van der Waals surface area contributed by atoms with Crippen LogP contribution in [0.25, 0.3) is 10.9 Å². The summed E-state index contributed by atoms with van der Waals surface area (Å²) in [6.07, 6.45) is 0.102. The molecule has 0 saturated heterocycles. The maximum Gasteiger partial charge on any atom is 0.325 e. The number of aromatic nitrogens is 1. The van der Waals surface area contributed by atoms with E-state index in [2.05, 4.69) is 74.1 Å². The van der Waals surface area contributed by atoms with Crippen LogP contribution in [0.5, 0.6) is 0 Å². The van der Waals surface area contributed by atoms with E-state index in [1.54, 1.807) is 96.1 Å². The number of aliphatic hydroxyl groups excluding tert-OH is 3. The minimum Gasteiger partial charge on any atom is -0.481 e. The van der Waals surface area contributed by atoms with Crippen molar-refractivity contribution in [2.75, 3.05) is 39.4 Å². The molecular weight excluding hydrogens is 1430 g/mol. The number of rotatable bonds is 51. The number of carbonyl (C=O) groups is 15. The van der Waals surface area contributed by atoms with Crippen molar-refractivity contribution in [3.05, 3.63) is 71.9 Å². The van der Waals surface area contributed by atoms with Crippen molar-refractivity contribution < 1.29 is 97.5 Å². The van der Waals surface area contributed by atoms with Gasteiger partial charge in [-0.25, -0.2) is 0 Å². The number of nitrogens with one attached hydrogen (secondary N) is 14. The number of H-pyrrole nitrogens is 1. The molecule has 37 heteroatoms. The Morgan fingerprint density at radius 2 is 0.855 bits per heavy atom. The number of aliphatic hydroxyl groups is 3. The number of fused-ring (bicyclic) bond motifs is 1. The molecule has 15 unspecified atom stereocenters. The van der Waals surface area contributed by atoms with Crippen LogP contribution >= 0.6 is 0 Å². The first kappa shape index (κ1) is 94.0. The van der Waals surface area contributed by atoms with Crippen LogP contribution in [0.4, 0.5) is 0 Å². The van der Waals surface area contributed by atoms with Gasteiger partial charge in [0.2, 0.25) is 76.8 Å². The Balaban J connectivity index is 1.85. The van der Waals surface area contributed by atoms with Crippen LogP contribution in [0, 0.1) is 23.7 Å². The smallest absolute Gasteiger partial charge is 0.325 e. The van der Waals surface area contributed by atoms with Gasteiger partial charge in [0.25, 0.3) is 0 Å². The van der Waals surface area contributed by atoms with Crippen molar-refractivity contribution in [3.63, 3.8) is 0 Å². The second-order valence-corrected chi connectivity index (χ2v) is 28.0. The Hall–Kier alpha value is -10.2. The van der Waals surface area contributed by atoms with E-state index in [0.29, 0.717) is 47.2 Å². The van der Waals surface area contributed by atoms with E-state index in [1.165, 1.54) is 13.1 Å². The molecule has 1 heterocycles. The summed E-state index contributed by atoms with van der Waals surface area (Å²) in [4.78, 5) is 207. The third-order valence-corrected chi connectivity index (χ3v) is 18.4. The van der Waals surface area contributed by atoms with Crippen LogP contribution in [0.15, 0.2) is 60.8 Å². The van der Waals surface area contributed by atoms with Crippen molar-refractivity contribution in [1.82, 2.24) is 74.1 Å². The summed E-state index contributed by atoms with van der Waals surface area (Å²) in [5.41, 5.74) is 19.2. The van der Waals surface area contributed by atoms with E-state index in [4.69, 9.17) is 17.2 Å². The summed E-state index contributed by atoms with van der Waals surface area (Å²) >= 11 is 0. The highest BCUT2D eigenvalue weighted by atomic mass is 16.4. The Labute approximate surface area is 638 Å². The molecule has 15 atom stereocenters. The quantitative estimate of drug-likeness (QED) is 0.0255. The van der Waals surface area contributed by atoms with Gasteiger partial charge in [-0.2, -0.15) is 0 Å². The lowest BCUT2D eigenvalue weighted by molar-refractivity contribution is -0.142. The largest absolute Gasteiger partial charge is 0.481 e. The van der Waals surface area contributed by atoms with Gasteiger partial charge in [0, 0.05) is 36.4 Å². The summed E-state index contributed by atoms with van der Waals surface area (Å²) < 4.78 is 0. The number of aromatic amines is 1. The second kappa shape index (κ2) is 48.3. The van der Waals surface area contributed by atoms with Gasteiger partial charge in [-0.1, -0.05) is 117 Å². The van der Waals surface area contributed by atoms with Crippen molar-refractivity contribution in [2.45, 2.75) is 218 Å². The van der Waals surface area contributed by atoms with Gasteiger partial charge in [0.05, 0.1) is 32.3 Å². The first-order chi connectivity index (χ1) is 52.1. The zero-order valence-electron chi connectivity index (χ0n) is 63.9. The molecular formula is C73H115N17O20. The lowest BCUT2D eigenvalue weighted by Gasteiger charge is -2.30. The second-order valence-electron chi connectivity index (χ2n) is 28.0. The van der Waals surface area contributed by atoms with Gasteiger partial charge in [-0.15, -0.1) is 0 Å². The number of carboxylic acids is 2. The topological polar surface area (TPSA) is 607 Å². The first-order valence-corrected chi connectivity index (χ1v) is 37.0. The van der Waals surface area contributed by atoms with Gasteiger partial charge in [0.15, 0.2) is 0 Å². The van der Waals surface area contributed by atoms with Gasteiger partial charge < -0.3 is 117 Å². The zero-order valence-corrected chi connectivity index (χ0v) is 63.9. The number of nitrogens with two attached hydrogens (primary N) is 3. The maximum atomic E-state index is 14.5. The van der Waals surface area contributed by atoms with Crippen LogP contribution in [0.2, 0.25) is 0 Å². The van der Waals surface area contributed by atoms with Gasteiger partial charge >= 0.3 is 11.9 Å².